The molecule has 1 heterocycles. The normalized spacial score (nSPS) is 18.8. The Bertz CT molecular complexity index is 590. The summed E-state index contributed by atoms with van der Waals surface area (Å²) in [6.45, 7) is -0.190. The predicted octanol–water partition coefficient (Wildman–Crippen LogP) is 1.02. The van der Waals surface area contributed by atoms with E-state index in [0.29, 0.717) is 5.69 Å². The zero-order chi connectivity index (χ0) is 14.3. The number of nitrogen functional groups attached to an aromatic ring is 1. The van der Waals surface area contributed by atoms with Crippen LogP contribution in [0.2, 0.25) is 0 Å². The van der Waals surface area contributed by atoms with Crippen molar-refractivity contribution in [1.82, 2.24) is 4.72 Å². The van der Waals surface area contributed by atoms with Gasteiger partial charge < -0.3 is 10.6 Å². The van der Waals surface area contributed by atoms with Gasteiger partial charge in [0, 0.05) is 13.0 Å². The van der Waals surface area contributed by atoms with Gasteiger partial charge in [0.25, 0.3) is 5.92 Å². The first-order chi connectivity index (χ1) is 8.75. The van der Waals surface area contributed by atoms with Gasteiger partial charge in [-0.15, -0.1) is 0 Å². The van der Waals surface area contributed by atoms with E-state index in [-0.39, 0.29) is 23.5 Å². The van der Waals surface area contributed by atoms with Crippen molar-refractivity contribution in [3.8, 4) is 0 Å². The average Bonchev–Trinajstić information content (AvgIpc) is 2.69. The number of anilines is 2. The van der Waals surface area contributed by atoms with Crippen molar-refractivity contribution < 1.29 is 17.2 Å². The molecule has 5 nitrogen and oxygen atoms in total. The van der Waals surface area contributed by atoms with Gasteiger partial charge in [-0.25, -0.2) is 21.9 Å². The molecule has 0 amide bonds. The van der Waals surface area contributed by atoms with Crippen LogP contribution in [0.5, 0.6) is 0 Å². The minimum absolute atomic E-state index is 0.0159. The second-order valence-corrected chi connectivity index (χ2v) is 6.34. The van der Waals surface area contributed by atoms with Gasteiger partial charge in [0.2, 0.25) is 10.0 Å². The van der Waals surface area contributed by atoms with Gasteiger partial charge in [-0.3, -0.25) is 0 Å². The summed E-state index contributed by atoms with van der Waals surface area (Å²) in [6, 6.07) is 4.09. The molecule has 19 heavy (non-hydrogen) atoms. The Balaban J connectivity index is 2.31. The lowest BCUT2D eigenvalue weighted by atomic mass is 10.2. The predicted molar refractivity (Wildman–Crippen MR) is 68.9 cm³/mol. The van der Waals surface area contributed by atoms with Crippen LogP contribution in [0, 0.1) is 0 Å². The zero-order valence-corrected chi connectivity index (χ0v) is 11.2. The quantitative estimate of drug-likeness (QED) is 0.815. The number of hydrogen-bond donors (Lipinski definition) is 2. The maximum absolute atomic E-state index is 13.1. The maximum atomic E-state index is 13.1. The minimum Gasteiger partial charge on any atom is -0.397 e. The fourth-order valence-corrected chi connectivity index (χ4v) is 2.81. The summed E-state index contributed by atoms with van der Waals surface area (Å²) in [4.78, 5) is 1.48. The van der Waals surface area contributed by atoms with E-state index in [0.717, 1.165) is 0 Å². The maximum Gasteiger partial charge on any atom is 0.266 e. The highest BCUT2D eigenvalue weighted by atomic mass is 32.2. The SMILES string of the molecule is CNS(=O)(=O)c1ccc(N2CCC(F)(F)C2)c(N)c1. The summed E-state index contributed by atoms with van der Waals surface area (Å²) in [7, 11) is -2.29. The van der Waals surface area contributed by atoms with Gasteiger partial charge in [0.15, 0.2) is 0 Å². The lowest BCUT2D eigenvalue weighted by Gasteiger charge is -2.20. The van der Waals surface area contributed by atoms with Gasteiger partial charge in [-0.2, -0.15) is 0 Å². The monoisotopic (exact) mass is 291 g/mol. The first kappa shape index (κ1) is 14.0. The van der Waals surface area contributed by atoms with E-state index >= 15 is 0 Å². The molecule has 0 atom stereocenters. The van der Waals surface area contributed by atoms with E-state index in [1.807, 2.05) is 0 Å². The number of benzene rings is 1. The summed E-state index contributed by atoms with van der Waals surface area (Å²) >= 11 is 0. The van der Waals surface area contributed by atoms with Gasteiger partial charge in [0.05, 0.1) is 22.8 Å². The highest BCUT2D eigenvalue weighted by Gasteiger charge is 2.38. The van der Waals surface area contributed by atoms with Crippen molar-refractivity contribution in [2.45, 2.75) is 17.2 Å². The Labute approximate surface area is 110 Å². The third-order valence-electron chi connectivity index (χ3n) is 3.09. The topological polar surface area (TPSA) is 75.4 Å². The van der Waals surface area contributed by atoms with Crippen molar-refractivity contribution in [3.05, 3.63) is 18.2 Å². The lowest BCUT2D eigenvalue weighted by molar-refractivity contribution is 0.0257. The van der Waals surface area contributed by atoms with Gasteiger partial charge in [-0.05, 0) is 25.2 Å². The standard InChI is InChI=1S/C11H15F2N3O2S/c1-15-19(17,18)8-2-3-10(9(14)6-8)16-5-4-11(12,13)7-16/h2-3,6,15H,4-5,7,14H2,1H3. The van der Waals surface area contributed by atoms with E-state index in [2.05, 4.69) is 4.72 Å². The van der Waals surface area contributed by atoms with Crippen LogP contribution in [0.25, 0.3) is 0 Å². The molecule has 1 aromatic rings. The van der Waals surface area contributed by atoms with E-state index in [1.54, 1.807) is 0 Å². The zero-order valence-electron chi connectivity index (χ0n) is 10.4. The van der Waals surface area contributed by atoms with Crippen molar-refractivity contribution in [1.29, 1.82) is 0 Å². The number of nitrogens with two attached hydrogens (primary N) is 1. The Morgan fingerprint density at radius 1 is 1.42 bits per heavy atom. The van der Waals surface area contributed by atoms with Crippen LogP contribution in [0.3, 0.4) is 0 Å². The minimum atomic E-state index is -3.58. The Morgan fingerprint density at radius 3 is 2.58 bits per heavy atom. The molecule has 0 aliphatic carbocycles. The van der Waals surface area contributed by atoms with Crippen molar-refractivity contribution in [2.24, 2.45) is 0 Å². The molecule has 2 rings (SSSR count). The van der Waals surface area contributed by atoms with Crippen molar-refractivity contribution in [3.63, 3.8) is 0 Å². The van der Waals surface area contributed by atoms with Gasteiger partial charge in [0.1, 0.15) is 0 Å². The van der Waals surface area contributed by atoms with Crippen LogP contribution in [0.4, 0.5) is 20.2 Å². The second-order valence-electron chi connectivity index (χ2n) is 4.46. The van der Waals surface area contributed by atoms with Crippen LogP contribution < -0.4 is 15.4 Å². The Morgan fingerprint density at radius 2 is 2.11 bits per heavy atom. The molecule has 106 valence electrons. The number of nitrogens with one attached hydrogen (secondary N) is 1. The molecular weight excluding hydrogens is 276 g/mol. The van der Waals surface area contributed by atoms with Crippen LogP contribution >= 0.6 is 0 Å². The van der Waals surface area contributed by atoms with E-state index in [9.17, 15) is 17.2 Å². The fourth-order valence-electron chi connectivity index (χ4n) is 2.05. The molecule has 1 aliphatic heterocycles. The molecule has 8 heteroatoms. The summed E-state index contributed by atoms with van der Waals surface area (Å²) < 4.78 is 51.6. The first-order valence-electron chi connectivity index (χ1n) is 5.71. The summed E-state index contributed by atoms with van der Waals surface area (Å²) in [5.41, 5.74) is 6.37. The smallest absolute Gasteiger partial charge is 0.266 e. The molecule has 0 saturated carbocycles. The number of alkyl halides is 2. The van der Waals surface area contributed by atoms with Gasteiger partial charge >= 0.3 is 0 Å². The molecule has 3 N–H and O–H groups in total. The summed E-state index contributed by atoms with van der Waals surface area (Å²) in [6.07, 6.45) is -0.219. The van der Waals surface area contributed by atoms with E-state index in [1.165, 1.54) is 30.1 Å². The second kappa shape index (κ2) is 4.61. The van der Waals surface area contributed by atoms with Crippen LogP contribution in [-0.4, -0.2) is 34.5 Å². The Hall–Kier alpha value is -1.41. The highest BCUT2D eigenvalue weighted by molar-refractivity contribution is 7.89. The number of rotatable bonds is 3. The van der Waals surface area contributed by atoms with E-state index < -0.39 is 22.5 Å². The van der Waals surface area contributed by atoms with Crippen LogP contribution in [-0.2, 0) is 10.0 Å². The van der Waals surface area contributed by atoms with Crippen molar-refractivity contribution >= 4 is 21.4 Å². The molecule has 1 saturated heterocycles. The molecule has 1 fully saturated rings. The molecule has 0 aromatic heterocycles. The number of nitrogens with zero attached hydrogens (tertiary/aromatic N) is 1. The molecule has 0 bridgehead atoms. The molecule has 0 spiro atoms. The van der Waals surface area contributed by atoms with Crippen molar-refractivity contribution in [2.75, 3.05) is 30.8 Å². The van der Waals surface area contributed by atoms with Gasteiger partial charge in [-0.1, -0.05) is 0 Å². The highest BCUT2D eigenvalue weighted by Crippen LogP contribution is 2.34. The number of hydrogen-bond acceptors (Lipinski definition) is 4. The molecule has 0 radical (unpaired) electrons. The number of sulfonamides is 1. The van der Waals surface area contributed by atoms with E-state index in [4.69, 9.17) is 5.73 Å². The molecular formula is C11H15F2N3O2S. The number of halogens is 2. The fraction of sp³-hybridized carbons (Fsp3) is 0.455. The largest absolute Gasteiger partial charge is 0.397 e. The van der Waals surface area contributed by atoms with Crippen LogP contribution in [0.1, 0.15) is 6.42 Å². The Kier molecular flexibility index (Phi) is 3.40. The van der Waals surface area contributed by atoms with Crippen LogP contribution in [0.15, 0.2) is 23.1 Å². The summed E-state index contributed by atoms with van der Waals surface area (Å²) in [5, 5.41) is 0. The first-order valence-corrected chi connectivity index (χ1v) is 7.19. The third kappa shape index (κ3) is 2.79. The molecule has 1 aliphatic rings. The molecule has 0 unspecified atom stereocenters. The average molecular weight is 291 g/mol. The lowest BCUT2D eigenvalue weighted by Crippen LogP contribution is -2.26. The molecule has 1 aromatic carbocycles. The third-order valence-corrected chi connectivity index (χ3v) is 4.50. The summed E-state index contributed by atoms with van der Waals surface area (Å²) in [5.74, 6) is -2.72.